The highest BCUT2D eigenvalue weighted by Gasteiger charge is 2.17. The molecule has 24 heavy (non-hydrogen) atoms. The van der Waals surface area contributed by atoms with Crippen molar-refractivity contribution in [3.05, 3.63) is 60.2 Å². The van der Waals surface area contributed by atoms with E-state index in [-0.39, 0.29) is 5.75 Å². The predicted molar refractivity (Wildman–Crippen MR) is 95.2 cm³/mol. The first kappa shape index (κ1) is 18.6. The average Bonchev–Trinajstić information content (AvgIpc) is 2.60. The molecule has 2 aromatic carbocycles. The number of hydrogen-bond donors (Lipinski definition) is 1. The first-order valence-corrected chi connectivity index (χ1v) is 9.36. The number of sulfonamides is 1. The number of ether oxygens (including phenoxy) is 2. The number of methoxy groups -OCH3 is 2. The molecule has 0 amide bonds. The second kappa shape index (κ2) is 8.94. The fourth-order valence-electron chi connectivity index (χ4n) is 2.36. The first-order chi connectivity index (χ1) is 11.5. The number of rotatable bonds is 9. The third-order valence-corrected chi connectivity index (χ3v) is 5.01. The van der Waals surface area contributed by atoms with Gasteiger partial charge in [0.05, 0.1) is 0 Å². The predicted octanol–water partition coefficient (Wildman–Crippen LogP) is 2.43. The Morgan fingerprint density at radius 1 is 0.958 bits per heavy atom. The molecular weight excluding hydrogens is 326 g/mol. The maximum atomic E-state index is 12.0. The SMILES string of the molecule is COC(CS(=O)(=O)NCCc1cccc(-c2ccccc2)c1)OC. The largest absolute Gasteiger partial charge is 0.355 e. The standard InChI is InChI=1S/C18H23NO4S/c1-22-18(23-2)14-24(20,21)19-12-11-15-7-6-10-17(13-15)16-8-4-3-5-9-16/h3-10,13,18-19H,11-12,14H2,1-2H3. The van der Waals surface area contributed by atoms with Crippen LogP contribution in [-0.2, 0) is 25.9 Å². The molecular formula is C18H23NO4S. The van der Waals surface area contributed by atoms with Crippen molar-refractivity contribution in [3.63, 3.8) is 0 Å². The summed E-state index contributed by atoms with van der Waals surface area (Å²) < 4.78 is 36.4. The Morgan fingerprint density at radius 2 is 1.62 bits per heavy atom. The Balaban J connectivity index is 1.93. The van der Waals surface area contributed by atoms with Gasteiger partial charge >= 0.3 is 0 Å². The van der Waals surface area contributed by atoms with Crippen molar-refractivity contribution < 1.29 is 17.9 Å². The Kier molecular flexibility index (Phi) is 6.93. The van der Waals surface area contributed by atoms with Crippen molar-refractivity contribution in [2.75, 3.05) is 26.5 Å². The van der Waals surface area contributed by atoms with Gasteiger partial charge in [-0.3, -0.25) is 0 Å². The maximum Gasteiger partial charge on any atom is 0.216 e. The van der Waals surface area contributed by atoms with Crippen LogP contribution in [0.4, 0.5) is 0 Å². The lowest BCUT2D eigenvalue weighted by molar-refractivity contribution is -0.0852. The smallest absolute Gasteiger partial charge is 0.216 e. The van der Waals surface area contributed by atoms with Crippen molar-refractivity contribution in [2.24, 2.45) is 0 Å². The maximum absolute atomic E-state index is 12.0. The van der Waals surface area contributed by atoms with Crippen LogP contribution in [0.5, 0.6) is 0 Å². The summed E-state index contributed by atoms with van der Waals surface area (Å²) >= 11 is 0. The van der Waals surface area contributed by atoms with E-state index in [0.29, 0.717) is 13.0 Å². The highest BCUT2D eigenvalue weighted by Crippen LogP contribution is 2.20. The summed E-state index contributed by atoms with van der Waals surface area (Å²) in [5, 5.41) is 0. The minimum atomic E-state index is -3.44. The molecule has 2 rings (SSSR count). The summed E-state index contributed by atoms with van der Waals surface area (Å²) in [5.41, 5.74) is 3.34. The van der Waals surface area contributed by atoms with Gasteiger partial charge in [-0.25, -0.2) is 13.1 Å². The van der Waals surface area contributed by atoms with Crippen molar-refractivity contribution in [1.29, 1.82) is 0 Å². The van der Waals surface area contributed by atoms with Gasteiger partial charge in [0, 0.05) is 20.8 Å². The summed E-state index contributed by atoms with van der Waals surface area (Å²) in [6, 6.07) is 18.2. The average molecular weight is 349 g/mol. The van der Waals surface area contributed by atoms with E-state index in [1.54, 1.807) is 0 Å². The number of hydrogen-bond acceptors (Lipinski definition) is 4. The molecule has 0 saturated carbocycles. The Morgan fingerprint density at radius 3 is 2.29 bits per heavy atom. The summed E-state index contributed by atoms with van der Waals surface area (Å²) in [6.45, 7) is 0.334. The lowest BCUT2D eigenvalue weighted by atomic mass is 10.0. The molecule has 0 atom stereocenters. The second-order valence-electron chi connectivity index (χ2n) is 5.39. The van der Waals surface area contributed by atoms with Gasteiger partial charge in [0.1, 0.15) is 5.75 Å². The van der Waals surface area contributed by atoms with Crippen LogP contribution in [0.15, 0.2) is 54.6 Å². The zero-order chi connectivity index (χ0) is 17.4. The monoisotopic (exact) mass is 349 g/mol. The van der Waals surface area contributed by atoms with E-state index in [9.17, 15) is 8.42 Å². The molecule has 2 aromatic rings. The van der Waals surface area contributed by atoms with Crippen LogP contribution in [0, 0.1) is 0 Å². The van der Waals surface area contributed by atoms with Crippen LogP contribution in [-0.4, -0.2) is 41.2 Å². The molecule has 0 unspecified atom stereocenters. The van der Waals surface area contributed by atoms with E-state index in [4.69, 9.17) is 9.47 Å². The van der Waals surface area contributed by atoms with Gasteiger partial charge in [0.2, 0.25) is 10.0 Å². The minimum Gasteiger partial charge on any atom is -0.355 e. The third-order valence-electron chi connectivity index (χ3n) is 3.65. The zero-order valence-electron chi connectivity index (χ0n) is 13.9. The molecule has 0 bridgehead atoms. The van der Waals surface area contributed by atoms with Crippen LogP contribution in [0.2, 0.25) is 0 Å². The van der Waals surface area contributed by atoms with Crippen LogP contribution >= 0.6 is 0 Å². The van der Waals surface area contributed by atoms with Crippen LogP contribution in [0.25, 0.3) is 11.1 Å². The topological polar surface area (TPSA) is 64.6 Å². The molecule has 0 aliphatic rings. The normalized spacial score (nSPS) is 11.8. The van der Waals surface area contributed by atoms with E-state index in [1.807, 2.05) is 36.4 Å². The van der Waals surface area contributed by atoms with Crippen LogP contribution in [0.1, 0.15) is 5.56 Å². The van der Waals surface area contributed by atoms with Crippen molar-refractivity contribution >= 4 is 10.0 Å². The molecule has 0 saturated heterocycles. The highest BCUT2D eigenvalue weighted by atomic mass is 32.2. The Hall–Kier alpha value is -1.73. The lowest BCUT2D eigenvalue weighted by Gasteiger charge is -2.14. The molecule has 0 heterocycles. The molecule has 6 heteroatoms. The van der Waals surface area contributed by atoms with Crippen LogP contribution < -0.4 is 4.72 Å². The second-order valence-corrected chi connectivity index (χ2v) is 7.24. The third kappa shape index (κ3) is 5.72. The van der Waals surface area contributed by atoms with E-state index >= 15 is 0 Å². The molecule has 130 valence electrons. The number of nitrogens with one attached hydrogen (secondary N) is 1. The summed E-state index contributed by atoms with van der Waals surface area (Å²) in [5.74, 6) is -0.218. The quantitative estimate of drug-likeness (QED) is 0.706. The summed E-state index contributed by atoms with van der Waals surface area (Å²) in [7, 11) is -0.607. The molecule has 5 nitrogen and oxygen atoms in total. The fourth-order valence-corrected chi connectivity index (χ4v) is 3.52. The van der Waals surface area contributed by atoms with E-state index in [2.05, 4.69) is 22.9 Å². The van der Waals surface area contributed by atoms with Crippen molar-refractivity contribution in [1.82, 2.24) is 4.72 Å². The first-order valence-electron chi connectivity index (χ1n) is 7.71. The minimum absolute atomic E-state index is 0.218. The van der Waals surface area contributed by atoms with Gasteiger partial charge in [0.25, 0.3) is 0 Å². The fraction of sp³-hybridized carbons (Fsp3) is 0.333. The highest BCUT2D eigenvalue weighted by molar-refractivity contribution is 7.89. The summed E-state index contributed by atoms with van der Waals surface area (Å²) in [4.78, 5) is 0. The van der Waals surface area contributed by atoms with Crippen molar-refractivity contribution in [2.45, 2.75) is 12.7 Å². The van der Waals surface area contributed by atoms with Gasteiger partial charge in [-0.15, -0.1) is 0 Å². The molecule has 0 radical (unpaired) electrons. The Labute approximate surface area is 143 Å². The molecule has 0 aliphatic heterocycles. The van der Waals surface area contributed by atoms with E-state index < -0.39 is 16.3 Å². The van der Waals surface area contributed by atoms with Crippen LogP contribution in [0.3, 0.4) is 0 Å². The van der Waals surface area contributed by atoms with Gasteiger partial charge in [-0.1, -0.05) is 54.6 Å². The van der Waals surface area contributed by atoms with Crippen molar-refractivity contribution in [3.8, 4) is 11.1 Å². The molecule has 1 N–H and O–H groups in total. The van der Waals surface area contributed by atoms with Gasteiger partial charge in [-0.2, -0.15) is 0 Å². The molecule has 0 spiro atoms. The van der Waals surface area contributed by atoms with Gasteiger partial charge < -0.3 is 9.47 Å². The zero-order valence-corrected chi connectivity index (χ0v) is 14.8. The number of benzene rings is 2. The lowest BCUT2D eigenvalue weighted by Crippen LogP contribution is -2.35. The van der Waals surface area contributed by atoms with Gasteiger partial charge in [-0.05, 0) is 23.1 Å². The van der Waals surface area contributed by atoms with E-state index in [0.717, 1.165) is 16.7 Å². The summed E-state index contributed by atoms with van der Waals surface area (Å²) in [6.07, 6.45) is -0.145. The molecule has 0 aromatic heterocycles. The van der Waals surface area contributed by atoms with E-state index in [1.165, 1.54) is 14.2 Å². The molecule has 0 fully saturated rings. The molecule has 0 aliphatic carbocycles. The Bertz CT molecular complexity index is 728. The van der Waals surface area contributed by atoms with Gasteiger partial charge in [0.15, 0.2) is 6.29 Å².